The number of hydrogen-bond donors (Lipinski definition) is 2. The standard InChI is InChI=1S/C13H14FN3O2S/c14-13-5-4-12(7-10(13)8-15)20(18,19)17-9-11-3-1-2-6-16-11/h1-7,17H,8-9,15H2. The number of benzene rings is 1. The molecular formula is C13H14FN3O2S. The van der Waals surface area contributed by atoms with Gasteiger partial charge in [0.1, 0.15) is 5.82 Å². The first-order chi connectivity index (χ1) is 9.53. The van der Waals surface area contributed by atoms with E-state index in [0.717, 1.165) is 6.07 Å². The number of nitrogens with zero attached hydrogens (tertiary/aromatic N) is 1. The molecule has 0 saturated carbocycles. The molecule has 7 heteroatoms. The number of sulfonamides is 1. The Morgan fingerprint density at radius 1 is 1.25 bits per heavy atom. The Bertz CT molecular complexity index is 690. The third kappa shape index (κ3) is 3.38. The number of hydrogen-bond acceptors (Lipinski definition) is 4. The molecule has 0 aliphatic heterocycles. The predicted molar refractivity (Wildman–Crippen MR) is 72.6 cm³/mol. The van der Waals surface area contributed by atoms with Crippen molar-refractivity contribution in [3.63, 3.8) is 0 Å². The van der Waals surface area contributed by atoms with Crippen molar-refractivity contribution in [2.75, 3.05) is 0 Å². The van der Waals surface area contributed by atoms with E-state index >= 15 is 0 Å². The molecule has 2 rings (SSSR count). The molecule has 0 aliphatic carbocycles. The molecule has 1 heterocycles. The molecule has 0 bridgehead atoms. The van der Waals surface area contributed by atoms with Gasteiger partial charge in [-0.25, -0.2) is 17.5 Å². The minimum Gasteiger partial charge on any atom is -0.326 e. The highest BCUT2D eigenvalue weighted by Gasteiger charge is 2.15. The molecule has 0 saturated heterocycles. The molecule has 5 nitrogen and oxygen atoms in total. The Kier molecular flexibility index (Phi) is 4.43. The summed E-state index contributed by atoms with van der Waals surface area (Å²) in [4.78, 5) is 4.00. The van der Waals surface area contributed by atoms with Crippen LogP contribution in [0.2, 0.25) is 0 Å². The zero-order valence-electron chi connectivity index (χ0n) is 10.6. The van der Waals surface area contributed by atoms with Gasteiger partial charge in [-0.05, 0) is 30.3 Å². The molecule has 0 atom stereocenters. The molecule has 0 fully saturated rings. The summed E-state index contributed by atoms with van der Waals surface area (Å²) >= 11 is 0. The van der Waals surface area contributed by atoms with Crippen molar-refractivity contribution in [1.29, 1.82) is 0 Å². The number of aromatic nitrogens is 1. The van der Waals surface area contributed by atoms with Crippen LogP contribution in [0.15, 0.2) is 47.5 Å². The monoisotopic (exact) mass is 295 g/mol. The van der Waals surface area contributed by atoms with Gasteiger partial charge < -0.3 is 5.73 Å². The van der Waals surface area contributed by atoms with Crippen molar-refractivity contribution in [2.45, 2.75) is 18.0 Å². The van der Waals surface area contributed by atoms with Crippen LogP contribution in [0, 0.1) is 5.82 Å². The summed E-state index contributed by atoms with van der Waals surface area (Å²) in [6.07, 6.45) is 1.58. The van der Waals surface area contributed by atoms with E-state index in [4.69, 9.17) is 5.73 Å². The first-order valence-electron chi connectivity index (χ1n) is 5.91. The molecule has 0 unspecified atom stereocenters. The Morgan fingerprint density at radius 2 is 2.05 bits per heavy atom. The number of pyridine rings is 1. The van der Waals surface area contributed by atoms with E-state index in [-0.39, 0.29) is 23.5 Å². The summed E-state index contributed by atoms with van der Waals surface area (Å²) in [5.74, 6) is -0.517. The van der Waals surface area contributed by atoms with Crippen molar-refractivity contribution in [3.8, 4) is 0 Å². The summed E-state index contributed by atoms with van der Waals surface area (Å²) in [5, 5.41) is 0. The molecule has 106 valence electrons. The molecule has 2 aromatic rings. The maximum atomic E-state index is 13.3. The van der Waals surface area contributed by atoms with Gasteiger partial charge in [0.15, 0.2) is 0 Å². The van der Waals surface area contributed by atoms with Crippen molar-refractivity contribution >= 4 is 10.0 Å². The fourth-order valence-corrected chi connectivity index (χ4v) is 2.68. The molecule has 3 N–H and O–H groups in total. The molecule has 1 aromatic carbocycles. The minimum atomic E-state index is -3.72. The summed E-state index contributed by atoms with van der Waals surface area (Å²) in [6, 6.07) is 8.74. The second kappa shape index (κ2) is 6.08. The first-order valence-corrected chi connectivity index (χ1v) is 7.39. The van der Waals surface area contributed by atoms with E-state index < -0.39 is 15.8 Å². The van der Waals surface area contributed by atoms with Crippen molar-refractivity contribution < 1.29 is 12.8 Å². The summed E-state index contributed by atoms with van der Waals surface area (Å²) in [6.45, 7) is 0.00788. The van der Waals surface area contributed by atoms with Gasteiger partial charge in [0.25, 0.3) is 0 Å². The van der Waals surface area contributed by atoms with Gasteiger partial charge >= 0.3 is 0 Å². The highest BCUT2D eigenvalue weighted by atomic mass is 32.2. The Morgan fingerprint density at radius 3 is 2.70 bits per heavy atom. The Hall–Kier alpha value is -1.83. The topological polar surface area (TPSA) is 85.1 Å². The van der Waals surface area contributed by atoms with Gasteiger partial charge in [0.05, 0.1) is 17.1 Å². The van der Waals surface area contributed by atoms with Crippen LogP contribution in [0.3, 0.4) is 0 Å². The van der Waals surface area contributed by atoms with Crippen LogP contribution in [0.1, 0.15) is 11.3 Å². The van der Waals surface area contributed by atoms with E-state index in [1.165, 1.54) is 12.1 Å². The van der Waals surface area contributed by atoms with E-state index in [1.54, 1.807) is 24.4 Å². The number of nitrogens with one attached hydrogen (secondary N) is 1. The lowest BCUT2D eigenvalue weighted by molar-refractivity contribution is 0.578. The second-order valence-corrected chi connectivity index (χ2v) is 5.87. The smallest absolute Gasteiger partial charge is 0.240 e. The van der Waals surface area contributed by atoms with Gasteiger partial charge in [-0.2, -0.15) is 0 Å². The van der Waals surface area contributed by atoms with Gasteiger partial charge in [-0.1, -0.05) is 6.07 Å². The molecule has 0 aliphatic rings. The SMILES string of the molecule is NCc1cc(S(=O)(=O)NCc2ccccn2)ccc1F. The molecule has 20 heavy (non-hydrogen) atoms. The zero-order valence-corrected chi connectivity index (χ0v) is 11.4. The lowest BCUT2D eigenvalue weighted by atomic mass is 10.2. The van der Waals surface area contributed by atoms with Crippen LogP contribution in [-0.2, 0) is 23.1 Å². The second-order valence-electron chi connectivity index (χ2n) is 4.10. The minimum absolute atomic E-state index is 0.0183. The summed E-state index contributed by atoms with van der Waals surface area (Å²) < 4.78 is 39.9. The lowest BCUT2D eigenvalue weighted by Crippen LogP contribution is -2.24. The third-order valence-corrected chi connectivity index (χ3v) is 4.12. The third-order valence-electron chi connectivity index (χ3n) is 2.72. The van der Waals surface area contributed by atoms with Gasteiger partial charge in [0.2, 0.25) is 10.0 Å². The van der Waals surface area contributed by atoms with Crippen molar-refractivity contribution in [2.24, 2.45) is 5.73 Å². The highest BCUT2D eigenvalue weighted by molar-refractivity contribution is 7.89. The molecular weight excluding hydrogens is 281 g/mol. The van der Waals surface area contributed by atoms with E-state index in [1.807, 2.05) is 0 Å². The fourth-order valence-electron chi connectivity index (χ4n) is 1.63. The van der Waals surface area contributed by atoms with Crippen LogP contribution in [0.4, 0.5) is 4.39 Å². The van der Waals surface area contributed by atoms with Crippen LogP contribution in [0.5, 0.6) is 0 Å². The Balaban J connectivity index is 2.18. The van der Waals surface area contributed by atoms with E-state index in [2.05, 4.69) is 9.71 Å². The molecule has 1 aromatic heterocycles. The van der Waals surface area contributed by atoms with E-state index in [9.17, 15) is 12.8 Å². The molecule has 0 radical (unpaired) electrons. The average molecular weight is 295 g/mol. The maximum absolute atomic E-state index is 13.3. The van der Waals surface area contributed by atoms with Crippen LogP contribution in [-0.4, -0.2) is 13.4 Å². The first kappa shape index (κ1) is 14.6. The van der Waals surface area contributed by atoms with E-state index in [0.29, 0.717) is 5.69 Å². The maximum Gasteiger partial charge on any atom is 0.240 e. The number of halogens is 1. The quantitative estimate of drug-likeness (QED) is 0.866. The predicted octanol–water partition coefficient (Wildman–Crippen LogP) is 1.16. The summed E-state index contributed by atoms with van der Waals surface area (Å²) in [7, 11) is -3.72. The van der Waals surface area contributed by atoms with Crippen LogP contribution < -0.4 is 10.5 Å². The van der Waals surface area contributed by atoms with Crippen molar-refractivity contribution in [1.82, 2.24) is 9.71 Å². The average Bonchev–Trinajstić information content (AvgIpc) is 2.46. The van der Waals surface area contributed by atoms with Crippen molar-refractivity contribution in [3.05, 3.63) is 59.7 Å². The summed E-state index contributed by atoms with van der Waals surface area (Å²) in [5.41, 5.74) is 6.12. The highest BCUT2D eigenvalue weighted by Crippen LogP contribution is 2.15. The van der Waals surface area contributed by atoms with Gasteiger partial charge in [0, 0.05) is 18.3 Å². The van der Waals surface area contributed by atoms with Crippen LogP contribution >= 0.6 is 0 Å². The number of rotatable bonds is 5. The normalized spacial score (nSPS) is 11.5. The van der Waals surface area contributed by atoms with Gasteiger partial charge in [-0.3, -0.25) is 4.98 Å². The molecule has 0 spiro atoms. The van der Waals surface area contributed by atoms with Crippen LogP contribution in [0.25, 0.3) is 0 Å². The molecule has 0 amide bonds. The number of nitrogens with two attached hydrogens (primary N) is 1. The fraction of sp³-hybridized carbons (Fsp3) is 0.154. The lowest BCUT2D eigenvalue weighted by Gasteiger charge is -2.08. The largest absolute Gasteiger partial charge is 0.326 e. The van der Waals surface area contributed by atoms with Gasteiger partial charge in [-0.15, -0.1) is 0 Å². The Labute approximate surface area is 116 Å². The zero-order chi connectivity index (χ0) is 14.6.